The summed E-state index contributed by atoms with van der Waals surface area (Å²) < 4.78 is 17.6. The highest BCUT2D eigenvalue weighted by Gasteiger charge is 2.43. The molecule has 0 radical (unpaired) electrons. The van der Waals surface area contributed by atoms with Crippen molar-refractivity contribution < 1.29 is 18.4 Å². The van der Waals surface area contributed by atoms with Crippen molar-refractivity contribution in [2.75, 3.05) is 19.8 Å². The van der Waals surface area contributed by atoms with Crippen LogP contribution in [0.5, 0.6) is 0 Å². The molecule has 20 heavy (non-hydrogen) atoms. The Morgan fingerprint density at radius 2 is 1.30 bits per heavy atom. The van der Waals surface area contributed by atoms with E-state index in [1.54, 1.807) is 13.8 Å². The standard InChI is InChI=1S/C15H26O4Si/c1-6-17-20(18-7-2,19-8-3)14-11-9-13(10-12-14)15(4,5)16/h9-12,16H,6-8H2,1-5H3. The normalized spacial score (nSPS) is 12.7. The van der Waals surface area contributed by atoms with Crippen LogP contribution in [0.25, 0.3) is 0 Å². The van der Waals surface area contributed by atoms with E-state index < -0.39 is 14.4 Å². The average Bonchev–Trinajstić information content (AvgIpc) is 2.38. The number of aliphatic hydroxyl groups is 1. The Morgan fingerprint density at radius 1 is 0.900 bits per heavy atom. The van der Waals surface area contributed by atoms with Gasteiger partial charge in [0, 0.05) is 25.0 Å². The summed E-state index contributed by atoms with van der Waals surface area (Å²) in [4.78, 5) is 0. The van der Waals surface area contributed by atoms with Gasteiger partial charge in [-0.1, -0.05) is 24.3 Å². The third-order valence-electron chi connectivity index (χ3n) is 2.95. The van der Waals surface area contributed by atoms with Crippen LogP contribution in [-0.2, 0) is 18.9 Å². The lowest BCUT2D eigenvalue weighted by Crippen LogP contribution is -2.56. The van der Waals surface area contributed by atoms with Crippen LogP contribution in [0.15, 0.2) is 24.3 Å². The van der Waals surface area contributed by atoms with Crippen molar-refractivity contribution in [2.24, 2.45) is 0 Å². The first kappa shape index (κ1) is 17.3. The summed E-state index contributed by atoms with van der Waals surface area (Å²) in [6.07, 6.45) is 0. The van der Waals surface area contributed by atoms with Crippen LogP contribution in [0.1, 0.15) is 40.2 Å². The quantitative estimate of drug-likeness (QED) is 0.747. The Bertz CT molecular complexity index is 380. The third-order valence-corrected chi connectivity index (χ3v) is 5.99. The van der Waals surface area contributed by atoms with Crippen molar-refractivity contribution in [1.29, 1.82) is 0 Å². The lowest BCUT2D eigenvalue weighted by molar-refractivity contribution is 0.0780. The predicted octanol–water partition coefficient (Wildman–Crippen LogP) is 2.17. The summed E-state index contributed by atoms with van der Waals surface area (Å²) in [7, 11) is -2.84. The predicted molar refractivity (Wildman–Crippen MR) is 82.0 cm³/mol. The van der Waals surface area contributed by atoms with E-state index in [9.17, 15) is 5.11 Å². The molecule has 0 fully saturated rings. The Hall–Kier alpha value is -0.723. The molecule has 114 valence electrons. The summed E-state index contributed by atoms with van der Waals surface area (Å²) in [6, 6.07) is 7.66. The van der Waals surface area contributed by atoms with Crippen molar-refractivity contribution in [1.82, 2.24) is 0 Å². The minimum Gasteiger partial charge on any atom is -0.386 e. The van der Waals surface area contributed by atoms with E-state index >= 15 is 0 Å². The molecular weight excluding hydrogens is 272 g/mol. The third kappa shape index (κ3) is 4.13. The van der Waals surface area contributed by atoms with Gasteiger partial charge in [-0.25, -0.2) is 0 Å². The molecule has 1 aromatic rings. The summed E-state index contributed by atoms with van der Waals surface area (Å²) in [6.45, 7) is 11.0. The molecule has 0 saturated carbocycles. The van der Waals surface area contributed by atoms with E-state index in [1.165, 1.54) is 0 Å². The van der Waals surface area contributed by atoms with Gasteiger partial charge in [-0.2, -0.15) is 0 Å². The summed E-state index contributed by atoms with van der Waals surface area (Å²) in [5.41, 5.74) is -0.000342. The zero-order valence-corrected chi connectivity index (χ0v) is 14.1. The van der Waals surface area contributed by atoms with Crippen molar-refractivity contribution >= 4 is 14.0 Å². The molecule has 0 aromatic heterocycles. The second kappa shape index (κ2) is 7.33. The topological polar surface area (TPSA) is 47.9 Å². The number of rotatable bonds is 8. The fourth-order valence-electron chi connectivity index (χ4n) is 2.03. The Kier molecular flexibility index (Phi) is 6.35. The minimum atomic E-state index is -2.84. The van der Waals surface area contributed by atoms with Gasteiger partial charge in [0.15, 0.2) is 0 Å². The molecule has 0 heterocycles. The largest absolute Gasteiger partial charge is 0.537 e. The first-order valence-electron chi connectivity index (χ1n) is 7.14. The van der Waals surface area contributed by atoms with Crippen molar-refractivity contribution in [3.05, 3.63) is 29.8 Å². The van der Waals surface area contributed by atoms with Gasteiger partial charge in [0.25, 0.3) is 0 Å². The Balaban J connectivity index is 3.13. The van der Waals surface area contributed by atoms with Crippen molar-refractivity contribution in [2.45, 2.75) is 40.2 Å². The molecule has 1 rings (SSSR count). The number of hydrogen-bond acceptors (Lipinski definition) is 4. The molecule has 0 spiro atoms. The highest BCUT2D eigenvalue weighted by Crippen LogP contribution is 2.19. The van der Waals surface area contributed by atoms with E-state index in [1.807, 2.05) is 45.0 Å². The molecule has 0 aliphatic heterocycles. The van der Waals surface area contributed by atoms with Crippen LogP contribution in [0.4, 0.5) is 0 Å². The van der Waals surface area contributed by atoms with Crippen molar-refractivity contribution in [3.63, 3.8) is 0 Å². The maximum absolute atomic E-state index is 10.0. The first-order valence-corrected chi connectivity index (χ1v) is 8.87. The molecular formula is C15H26O4Si. The average molecular weight is 298 g/mol. The molecule has 0 aliphatic carbocycles. The van der Waals surface area contributed by atoms with Gasteiger partial charge >= 0.3 is 8.80 Å². The monoisotopic (exact) mass is 298 g/mol. The van der Waals surface area contributed by atoms with Crippen LogP contribution in [0.3, 0.4) is 0 Å². The van der Waals surface area contributed by atoms with Crippen LogP contribution < -0.4 is 5.19 Å². The Morgan fingerprint density at radius 3 is 1.60 bits per heavy atom. The maximum atomic E-state index is 10.0. The Labute approximate surface area is 123 Å². The molecule has 0 bridgehead atoms. The molecule has 4 nitrogen and oxygen atoms in total. The molecule has 1 aromatic carbocycles. The highest BCUT2D eigenvalue weighted by atomic mass is 28.4. The van der Waals surface area contributed by atoms with E-state index in [2.05, 4.69) is 0 Å². The van der Waals surface area contributed by atoms with Gasteiger partial charge in [-0.3, -0.25) is 0 Å². The number of benzene rings is 1. The summed E-state index contributed by atoms with van der Waals surface area (Å²) in [5.74, 6) is 0. The van der Waals surface area contributed by atoms with Crippen molar-refractivity contribution in [3.8, 4) is 0 Å². The SMILES string of the molecule is CCO[Si](OCC)(OCC)c1ccc(C(C)(C)O)cc1. The van der Waals surface area contributed by atoms with Gasteiger partial charge in [-0.15, -0.1) is 0 Å². The second-order valence-electron chi connectivity index (χ2n) is 4.99. The van der Waals surface area contributed by atoms with Gasteiger partial charge in [0.2, 0.25) is 0 Å². The zero-order chi connectivity index (χ0) is 15.2. The van der Waals surface area contributed by atoms with E-state index in [-0.39, 0.29) is 0 Å². The van der Waals surface area contributed by atoms with E-state index in [0.29, 0.717) is 19.8 Å². The maximum Gasteiger partial charge on any atom is 0.537 e. The van der Waals surface area contributed by atoms with Crippen LogP contribution >= 0.6 is 0 Å². The van der Waals surface area contributed by atoms with Crippen LogP contribution in [0.2, 0.25) is 0 Å². The van der Waals surface area contributed by atoms with Crippen LogP contribution in [-0.4, -0.2) is 33.7 Å². The van der Waals surface area contributed by atoms with Gasteiger partial charge in [0.05, 0.1) is 5.60 Å². The molecule has 0 aliphatic rings. The lowest BCUT2D eigenvalue weighted by Gasteiger charge is -2.29. The summed E-state index contributed by atoms with van der Waals surface area (Å²) in [5, 5.41) is 10.9. The van der Waals surface area contributed by atoms with E-state index in [0.717, 1.165) is 10.8 Å². The van der Waals surface area contributed by atoms with Gasteiger partial charge in [0.1, 0.15) is 0 Å². The summed E-state index contributed by atoms with van der Waals surface area (Å²) >= 11 is 0. The number of hydrogen-bond donors (Lipinski definition) is 1. The fraction of sp³-hybridized carbons (Fsp3) is 0.600. The minimum absolute atomic E-state index is 0.541. The fourth-order valence-corrected chi connectivity index (χ4v) is 4.49. The molecule has 0 atom stereocenters. The molecule has 0 saturated heterocycles. The highest BCUT2D eigenvalue weighted by molar-refractivity contribution is 6.75. The second-order valence-corrected chi connectivity index (χ2v) is 7.55. The van der Waals surface area contributed by atoms with Crippen LogP contribution in [0, 0.1) is 0 Å². The van der Waals surface area contributed by atoms with Gasteiger partial charge in [-0.05, 0) is 40.2 Å². The van der Waals surface area contributed by atoms with Gasteiger partial charge < -0.3 is 18.4 Å². The molecule has 0 amide bonds. The smallest absolute Gasteiger partial charge is 0.386 e. The molecule has 5 heteroatoms. The van der Waals surface area contributed by atoms with E-state index in [4.69, 9.17) is 13.3 Å². The molecule has 0 unspecified atom stereocenters. The lowest BCUT2D eigenvalue weighted by atomic mass is 9.99. The zero-order valence-electron chi connectivity index (χ0n) is 13.1. The molecule has 1 N–H and O–H groups in total. The first-order chi connectivity index (χ1) is 9.39.